The smallest absolute Gasteiger partial charge is 0.239 e. The lowest BCUT2D eigenvalue weighted by Gasteiger charge is -2.24. The number of rotatable bonds is 8. The van der Waals surface area contributed by atoms with Gasteiger partial charge in [-0.25, -0.2) is 0 Å². The topological polar surface area (TPSA) is 79.0 Å². The first-order chi connectivity index (χ1) is 12.8. The molecule has 7 nitrogen and oxygen atoms in total. The highest BCUT2D eigenvalue weighted by Gasteiger charge is 2.37. The lowest BCUT2D eigenvalue weighted by atomic mass is 10.1. The van der Waals surface area contributed by atoms with E-state index in [1.165, 1.54) is 4.90 Å². The second-order valence-corrected chi connectivity index (χ2v) is 6.91. The first-order valence-corrected chi connectivity index (χ1v) is 9.47. The molecule has 27 heavy (non-hydrogen) atoms. The van der Waals surface area contributed by atoms with E-state index < -0.39 is 5.92 Å². The predicted molar refractivity (Wildman–Crippen MR) is 104 cm³/mol. The van der Waals surface area contributed by atoms with E-state index in [0.717, 1.165) is 11.4 Å². The van der Waals surface area contributed by atoms with Gasteiger partial charge in [0.05, 0.1) is 19.1 Å². The van der Waals surface area contributed by atoms with Gasteiger partial charge >= 0.3 is 0 Å². The molecule has 0 aromatic heterocycles. The molecule has 0 spiro atoms. The van der Waals surface area contributed by atoms with Gasteiger partial charge in [-0.05, 0) is 52.0 Å². The van der Waals surface area contributed by atoms with E-state index in [1.54, 1.807) is 4.90 Å². The van der Waals surface area contributed by atoms with Gasteiger partial charge in [0, 0.05) is 31.2 Å². The Labute approximate surface area is 160 Å². The van der Waals surface area contributed by atoms with Crippen molar-refractivity contribution in [2.45, 2.75) is 40.2 Å². The third-order valence-corrected chi connectivity index (χ3v) is 4.41. The van der Waals surface area contributed by atoms with Crippen molar-refractivity contribution < 1.29 is 19.1 Å². The van der Waals surface area contributed by atoms with Gasteiger partial charge in [-0.15, -0.1) is 0 Å². The number of benzene rings is 1. The van der Waals surface area contributed by atoms with E-state index in [9.17, 15) is 14.4 Å². The van der Waals surface area contributed by atoms with Gasteiger partial charge < -0.3 is 19.9 Å². The number of carbonyl (C=O) groups is 3. The summed E-state index contributed by atoms with van der Waals surface area (Å²) in [5.41, 5.74) is 0.749. The molecule has 0 saturated carbocycles. The summed E-state index contributed by atoms with van der Waals surface area (Å²) in [6, 6.07) is 7.30. The van der Waals surface area contributed by atoms with Crippen LogP contribution in [0.5, 0.6) is 5.75 Å². The number of nitrogens with zero attached hydrogens (tertiary/aromatic N) is 2. The van der Waals surface area contributed by atoms with Crippen molar-refractivity contribution in [1.29, 1.82) is 0 Å². The van der Waals surface area contributed by atoms with Crippen LogP contribution in [0.4, 0.5) is 5.69 Å². The largest absolute Gasteiger partial charge is 0.494 e. The number of carbonyl (C=O) groups excluding carboxylic acids is 3. The Morgan fingerprint density at radius 3 is 2.48 bits per heavy atom. The summed E-state index contributed by atoms with van der Waals surface area (Å²) in [7, 11) is 0. The van der Waals surface area contributed by atoms with Crippen LogP contribution in [-0.2, 0) is 14.4 Å². The van der Waals surface area contributed by atoms with Gasteiger partial charge in [-0.1, -0.05) is 0 Å². The summed E-state index contributed by atoms with van der Waals surface area (Å²) < 4.78 is 5.42. The average Bonchev–Trinajstić information content (AvgIpc) is 3.01. The zero-order chi connectivity index (χ0) is 20.0. The summed E-state index contributed by atoms with van der Waals surface area (Å²) in [6.45, 7) is 8.85. The molecule has 1 aliphatic rings. The van der Waals surface area contributed by atoms with E-state index in [2.05, 4.69) is 5.32 Å². The molecule has 3 amide bonds. The SMILES string of the molecule is CCOc1ccc(N2CC(C(=O)N(CC)CC(=O)NC(C)C)CC2=O)cc1. The average molecular weight is 375 g/mol. The molecular weight excluding hydrogens is 346 g/mol. The number of anilines is 1. The lowest BCUT2D eigenvalue weighted by molar-refractivity contribution is -0.139. The number of likely N-dealkylation sites (N-methyl/N-ethyl adjacent to an activating group) is 1. The Morgan fingerprint density at radius 1 is 1.26 bits per heavy atom. The second kappa shape index (κ2) is 9.39. The predicted octanol–water partition coefficient (Wildman–Crippen LogP) is 1.81. The molecule has 0 aliphatic carbocycles. The molecule has 148 valence electrons. The van der Waals surface area contributed by atoms with Crippen molar-refractivity contribution in [3.05, 3.63) is 24.3 Å². The summed E-state index contributed by atoms with van der Waals surface area (Å²) in [6.07, 6.45) is 0.161. The minimum atomic E-state index is -0.434. The van der Waals surface area contributed by atoms with Crippen molar-refractivity contribution in [3.8, 4) is 5.75 Å². The minimum absolute atomic E-state index is 0.0151. The van der Waals surface area contributed by atoms with Gasteiger partial charge in [0.1, 0.15) is 5.75 Å². The lowest BCUT2D eigenvalue weighted by Crippen LogP contribution is -2.45. The van der Waals surface area contributed by atoms with Crippen LogP contribution < -0.4 is 15.0 Å². The monoisotopic (exact) mass is 375 g/mol. The van der Waals surface area contributed by atoms with Crippen LogP contribution in [0, 0.1) is 5.92 Å². The maximum atomic E-state index is 12.8. The van der Waals surface area contributed by atoms with Crippen molar-refractivity contribution in [2.24, 2.45) is 5.92 Å². The molecule has 1 aromatic rings. The number of hydrogen-bond acceptors (Lipinski definition) is 4. The van der Waals surface area contributed by atoms with E-state index in [1.807, 2.05) is 52.0 Å². The zero-order valence-electron chi connectivity index (χ0n) is 16.5. The fourth-order valence-corrected chi connectivity index (χ4v) is 3.16. The maximum absolute atomic E-state index is 12.8. The van der Waals surface area contributed by atoms with Crippen LogP contribution in [0.3, 0.4) is 0 Å². The molecule has 1 unspecified atom stereocenters. The number of amides is 3. The number of nitrogens with one attached hydrogen (secondary N) is 1. The molecule has 0 radical (unpaired) electrons. The molecule has 1 atom stereocenters. The first-order valence-electron chi connectivity index (χ1n) is 9.47. The van der Waals surface area contributed by atoms with Crippen LogP contribution in [-0.4, -0.2) is 54.9 Å². The molecule has 1 fully saturated rings. The zero-order valence-corrected chi connectivity index (χ0v) is 16.5. The van der Waals surface area contributed by atoms with Gasteiger partial charge in [-0.2, -0.15) is 0 Å². The Morgan fingerprint density at radius 2 is 1.93 bits per heavy atom. The van der Waals surface area contributed by atoms with Crippen LogP contribution in [0.2, 0.25) is 0 Å². The highest BCUT2D eigenvalue weighted by Crippen LogP contribution is 2.27. The van der Waals surface area contributed by atoms with Gasteiger partial charge in [0.15, 0.2) is 0 Å². The normalized spacial score (nSPS) is 16.6. The highest BCUT2D eigenvalue weighted by molar-refractivity contribution is 6.00. The summed E-state index contributed by atoms with van der Waals surface area (Å²) >= 11 is 0. The molecule has 1 heterocycles. The quantitative estimate of drug-likeness (QED) is 0.752. The van der Waals surface area contributed by atoms with Gasteiger partial charge in [-0.3, -0.25) is 14.4 Å². The van der Waals surface area contributed by atoms with Crippen molar-refractivity contribution >= 4 is 23.4 Å². The summed E-state index contributed by atoms with van der Waals surface area (Å²) in [5, 5.41) is 2.79. The van der Waals surface area contributed by atoms with Gasteiger partial charge in [0.2, 0.25) is 17.7 Å². The van der Waals surface area contributed by atoms with E-state index in [-0.39, 0.29) is 36.7 Å². The third-order valence-electron chi connectivity index (χ3n) is 4.41. The molecule has 0 bridgehead atoms. The highest BCUT2D eigenvalue weighted by atomic mass is 16.5. The molecule has 2 rings (SSSR count). The molecule has 7 heteroatoms. The van der Waals surface area contributed by atoms with Crippen molar-refractivity contribution in [3.63, 3.8) is 0 Å². The molecule has 1 N–H and O–H groups in total. The van der Waals surface area contributed by atoms with Crippen molar-refractivity contribution in [2.75, 3.05) is 31.1 Å². The Bertz CT molecular complexity index is 672. The Balaban J connectivity index is 2.02. The summed E-state index contributed by atoms with van der Waals surface area (Å²) in [5.74, 6) is -0.115. The van der Waals surface area contributed by atoms with Crippen LogP contribution in [0.25, 0.3) is 0 Å². The Kier molecular flexibility index (Phi) is 7.21. The standard InChI is InChI=1S/C20H29N3O4/c1-5-22(13-18(24)21-14(3)4)20(26)15-11-19(25)23(12-15)16-7-9-17(10-8-16)27-6-2/h7-10,14-15H,5-6,11-13H2,1-4H3,(H,21,24). The Hall–Kier alpha value is -2.57. The van der Waals surface area contributed by atoms with E-state index in [0.29, 0.717) is 19.7 Å². The first kappa shape index (κ1) is 20.7. The van der Waals surface area contributed by atoms with Crippen molar-refractivity contribution in [1.82, 2.24) is 10.2 Å². The molecule has 1 aliphatic heterocycles. The fraction of sp³-hybridized carbons (Fsp3) is 0.550. The number of ether oxygens (including phenoxy) is 1. The fourth-order valence-electron chi connectivity index (χ4n) is 3.16. The molecule has 1 aromatic carbocycles. The van der Waals surface area contributed by atoms with E-state index in [4.69, 9.17) is 4.74 Å². The summed E-state index contributed by atoms with van der Waals surface area (Å²) in [4.78, 5) is 40.3. The maximum Gasteiger partial charge on any atom is 0.239 e. The van der Waals surface area contributed by atoms with Crippen LogP contribution >= 0.6 is 0 Å². The van der Waals surface area contributed by atoms with Crippen LogP contribution in [0.15, 0.2) is 24.3 Å². The molecule has 1 saturated heterocycles. The number of hydrogen-bond donors (Lipinski definition) is 1. The second-order valence-electron chi connectivity index (χ2n) is 6.91. The minimum Gasteiger partial charge on any atom is -0.494 e. The van der Waals surface area contributed by atoms with E-state index >= 15 is 0 Å². The van der Waals surface area contributed by atoms with Gasteiger partial charge in [0.25, 0.3) is 0 Å². The third kappa shape index (κ3) is 5.45. The van der Waals surface area contributed by atoms with Crippen LogP contribution in [0.1, 0.15) is 34.1 Å². The molecular formula is C20H29N3O4.